The van der Waals surface area contributed by atoms with Crippen LogP contribution in [0.5, 0.6) is 0 Å². The molecule has 6 heteroatoms. The lowest BCUT2D eigenvalue weighted by molar-refractivity contribution is 0.0691. The highest BCUT2D eigenvalue weighted by Crippen LogP contribution is 2.19. The van der Waals surface area contributed by atoms with Crippen LogP contribution in [0.1, 0.15) is 36.0 Å². The minimum absolute atomic E-state index is 0.259. The minimum Gasteiger partial charge on any atom is -0.478 e. The number of ether oxygens (including phenoxy) is 1. The number of carboxylic acid groups (broad SMARTS) is 1. The Balaban J connectivity index is 1.91. The molecule has 0 aromatic heterocycles. The monoisotopic (exact) mass is 300 g/mol. The number of aromatic carboxylic acids is 1. The van der Waals surface area contributed by atoms with Crippen molar-refractivity contribution >= 4 is 16.8 Å². The van der Waals surface area contributed by atoms with Crippen molar-refractivity contribution < 1.29 is 23.2 Å². The van der Waals surface area contributed by atoms with Crippen molar-refractivity contribution in [1.82, 2.24) is 0 Å². The number of rotatable bonds is 6. The van der Waals surface area contributed by atoms with Gasteiger partial charge < -0.3 is 9.84 Å². The van der Waals surface area contributed by atoms with Crippen LogP contribution >= 0.6 is 0 Å². The van der Waals surface area contributed by atoms with Crippen LogP contribution in [0.3, 0.4) is 0 Å². The molecule has 1 heterocycles. The third-order valence-electron chi connectivity index (χ3n) is 3.31. The van der Waals surface area contributed by atoms with Gasteiger partial charge in [0, 0.05) is 17.3 Å². The Bertz CT molecular complexity index is 512. The first kappa shape index (κ1) is 15.1. The molecule has 1 fully saturated rings. The summed E-state index contributed by atoms with van der Waals surface area (Å²) in [6.07, 6.45) is 3.99. The first-order chi connectivity index (χ1) is 9.58. The predicted octanol–water partition coefficient (Wildman–Crippen LogP) is 2.59. The lowest BCUT2D eigenvalue weighted by Gasteiger charge is -2.09. The van der Waals surface area contributed by atoms with Crippen LogP contribution in [0.2, 0.25) is 0 Å². The molecule has 20 heavy (non-hydrogen) atoms. The number of halogens is 1. The van der Waals surface area contributed by atoms with E-state index in [2.05, 4.69) is 0 Å². The second-order valence-corrected chi connectivity index (χ2v) is 6.34. The lowest BCUT2D eigenvalue weighted by atomic mass is 10.1. The Kier molecular flexibility index (Phi) is 5.25. The molecule has 0 amide bonds. The van der Waals surface area contributed by atoms with Crippen LogP contribution in [0.25, 0.3) is 0 Å². The Hall–Kier alpha value is -1.27. The van der Waals surface area contributed by atoms with Gasteiger partial charge in [-0.3, -0.25) is 4.21 Å². The van der Waals surface area contributed by atoms with Gasteiger partial charge in [-0.1, -0.05) is 0 Å². The summed E-state index contributed by atoms with van der Waals surface area (Å²) in [6.45, 7) is 0.799. The molecule has 2 atom stereocenters. The van der Waals surface area contributed by atoms with Crippen LogP contribution in [0.4, 0.5) is 4.39 Å². The summed E-state index contributed by atoms with van der Waals surface area (Å²) in [4.78, 5) is 11.2. The summed E-state index contributed by atoms with van der Waals surface area (Å²) in [5, 5.41) is 8.84. The highest BCUT2D eigenvalue weighted by molar-refractivity contribution is 7.85. The number of hydrogen-bond acceptors (Lipinski definition) is 3. The lowest BCUT2D eigenvalue weighted by Crippen LogP contribution is -2.08. The zero-order valence-corrected chi connectivity index (χ0v) is 11.8. The van der Waals surface area contributed by atoms with Crippen LogP contribution in [0.15, 0.2) is 23.1 Å². The summed E-state index contributed by atoms with van der Waals surface area (Å²) >= 11 is 0. The van der Waals surface area contributed by atoms with E-state index in [0.717, 1.165) is 44.4 Å². The highest BCUT2D eigenvalue weighted by atomic mass is 32.2. The van der Waals surface area contributed by atoms with E-state index in [0.29, 0.717) is 10.6 Å². The Morgan fingerprint density at radius 1 is 1.50 bits per heavy atom. The topological polar surface area (TPSA) is 63.6 Å². The molecule has 1 aliphatic heterocycles. The fourth-order valence-electron chi connectivity index (χ4n) is 2.24. The van der Waals surface area contributed by atoms with E-state index in [1.54, 1.807) is 0 Å². The predicted molar refractivity (Wildman–Crippen MR) is 72.8 cm³/mol. The number of benzene rings is 1. The van der Waals surface area contributed by atoms with Crippen molar-refractivity contribution in [2.24, 2.45) is 0 Å². The maximum atomic E-state index is 13.2. The van der Waals surface area contributed by atoms with Crippen LogP contribution in [-0.4, -0.2) is 33.7 Å². The van der Waals surface area contributed by atoms with Gasteiger partial charge in [-0.2, -0.15) is 0 Å². The van der Waals surface area contributed by atoms with E-state index in [1.807, 2.05) is 0 Å². The molecule has 0 aliphatic carbocycles. The van der Waals surface area contributed by atoms with Crippen LogP contribution in [0, 0.1) is 5.82 Å². The molecule has 1 aromatic rings. The average Bonchev–Trinajstić information content (AvgIpc) is 2.92. The zero-order chi connectivity index (χ0) is 14.5. The molecule has 2 unspecified atom stereocenters. The Labute approximate surface area is 119 Å². The van der Waals surface area contributed by atoms with Crippen molar-refractivity contribution in [2.45, 2.75) is 36.7 Å². The first-order valence-corrected chi connectivity index (χ1v) is 7.92. The fourth-order valence-corrected chi connectivity index (χ4v) is 3.38. The number of carbonyl (C=O) groups is 1. The molecule has 0 saturated carbocycles. The summed E-state index contributed by atoms with van der Waals surface area (Å²) in [5.41, 5.74) is -0.435. The van der Waals surface area contributed by atoms with Gasteiger partial charge in [0.05, 0.1) is 22.5 Å². The molecular weight excluding hydrogens is 283 g/mol. The third-order valence-corrected chi connectivity index (χ3v) is 4.75. The molecule has 1 aliphatic rings. The summed E-state index contributed by atoms with van der Waals surface area (Å²) in [5.74, 6) is -1.72. The van der Waals surface area contributed by atoms with E-state index in [-0.39, 0.29) is 6.10 Å². The largest absolute Gasteiger partial charge is 0.478 e. The van der Waals surface area contributed by atoms with E-state index >= 15 is 0 Å². The zero-order valence-electron chi connectivity index (χ0n) is 11.0. The van der Waals surface area contributed by atoms with Crippen molar-refractivity contribution in [3.05, 3.63) is 29.6 Å². The van der Waals surface area contributed by atoms with Crippen LogP contribution in [-0.2, 0) is 15.5 Å². The van der Waals surface area contributed by atoms with Gasteiger partial charge >= 0.3 is 5.97 Å². The Morgan fingerprint density at radius 2 is 2.30 bits per heavy atom. The molecule has 4 nitrogen and oxygen atoms in total. The molecule has 110 valence electrons. The highest BCUT2D eigenvalue weighted by Gasteiger charge is 2.17. The van der Waals surface area contributed by atoms with Gasteiger partial charge in [-0.15, -0.1) is 0 Å². The molecule has 1 saturated heterocycles. The first-order valence-electron chi connectivity index (χ1n) is 6.61. The van der Waals surface area contributed by atoms with Gasteiger partial charge in [-0.05, 0) is 43.9 Å². The van der Waals surface area contributed by atoms with Crippen molar-refractivity contribution in [3.63, 3.8) is 0 Å². The van der Waals surface area contributed by atoms with Gasteiger partial charge in [0.15, 0.2) is 0 Å². The summed E-state index contributed by atoms with van der Waals surface area (Å²) in [7, 11) is -1.30. The van der Waals surface area contributed by atoms with Gasteiger partial charge in [0.1, 0.15) is 5.82 Å². The molecule has 2 rings (SSSR count). The van der Waals surface area contributed by atoms with E-state index in [9.17, 15) is 13.4 Å². The maximum absolute atomic E-state index is 13.2. The second-order valence-electron chi connectivity index (χ2n) is 4.77. The molecular formula is C14H17FO4S. The van der Waals surface area contributed by atoms with E-state index in [1.165, 1.54) is 6.07 Å². The second kappa shape index (κ2) is 6.95. The minimum atomic E-state index is -1.35. The van der Waals surface area contributed by atoms with Crippen molar-refractivity contribution in [3.8, 4) is 0 Å². The van der Waals surface area contributed by atoms with Crippen molar-refractivity contribution in [1.29, 1.82) is 0 Å². The molecule has 0 bridgehead atoms. The SMILES string of the molecule is O=C(O)c1cc(S(=O)CCCC2CCCO2)ccc1F. The summed E-state index contributed by atoms with van der Waals surface area (Å²) < 4.78 is 30.8. The number of carboxylic acids is 1. The van der Waals surface area contributed by atoms with Crippen LogP contribution < -0.4 is 0 Å². The Morgan fingerprint density at radius 3 is 2.95 bits per heavy atom. The third kappa shape index (κ3) is 3.86. The summed E-state index contributed by atoms with van der Waals surface area (Å²) in [6, 6.07) is 3.58. The van der Waals surface area contributed by atoms with E-state index in [4.69, 9.17) is 9.84 Å². The quantitative estimate of drug-likeness (QED) is 0.877. The molecule has 1 aromatic carbocycles. The standard InChI is InChI=1S/C14H17FO4S/c15-13-6-5-11(9-12(13)14(16)17)20(18)8-2-4-10-3-1-7-19-10/h5-6,9-10H,1-4,7-8H2,(H,16,17). The molecule has 0 spiro atoms. The smallest absolute Gasteiger partial charge is 0.338 e. The molecule has 1 N–H and O–H groups in total. The van der Waals surface area contributed by atoms with Gasteiger partial charge in [0.25, 0.3) is 0 Å². The van der Waals surface area contributed by atoms with Gasteiger partial charge in [-0.25, -0.2) is 9.18 Å². The normalized spacial score (nSPS) is 19.9. The van der Waals surface area contributed by atoms with E-state index < -0.39 is 28.1 Å². The van der Waals surface area contributed by atoms with Gasteiger partial charge in [0.2, 0.25) is 0 Å². The maximum Gasteiger partial charge on any atom is 0.338 e. The van der Waals surface area contributed by atoms with Crippen molar-refractivity contribution in [2.75, 3.05) is 12.4 Å². The average molecular weight is 300 g/mol. The molecule has 0 radical (unpaired) electrons. The number of hydrogen-bond donors (Lipinski definition) is 1. The fraction of sp³-hybridized carbons (Fsp3) is 0.500.